The molecular formula is C15H27NO3. The number of hydrogen-bond acceptors (Lipinski definition) is 4. The van der Waals surface area contributed by atoms with Crippen LogP contribution in [0.5, 0.6) is 0 Å². The summed E-state index contributed by atoms with van der Waals surface area (Å²) in [7, 11) is 0. The Labute approximate surface area is 116 Å². The zero-order valence-electron chi connectivity index (χ0n) is 12.9. The Morgan fingerprint density at radius 3 is 2.32 bits per heavy atom. The number of carbonyl (C=O) groups excluding carboxylic acids is 1. The molecule has 0 spiro atoms. The molecule has 0 unspecified atom stereocenters. The van der Waals surface area contributed by atoms with Gasteiger partial charge in [0, 0.05) is 17.2 Å². The maximum atomic E-state index is 11.2. The number of hydroxylamine groups is 2. The second-order valence-corrected chi connectivity index (χ2v) is 6.22. The third-order valence-electron chi connectivity index (χ3n) is 3.52. The van der Waals surface area contributed by atoms with Gasteiger partial charge in [0.1, 0.15) is 0 Å². The second-order valence-electron chi connectivity index (χ2n) is 6.22. The molecule has 1 fully saturated rings. The lowest BCUT2D eigenvalue weighted by molar-refractivity contribution is -0.274. The molecule has 0 aromatic carbocycles. The lowest BCUT2D eigenvalue weighted by Gasteiger charge is -2.51. The molecule has 0 atom stereocenters. The first kappa shape index (κ1) is 16.2. The van der Waals surface area contributed by atoms with E-state index >= 15 is 0 Å². The molecule has 1 heterocycles. The molecule has 1 aliphatic rings. The highest BCUT2D eigenvalue weighted by Gasteiger charge is 2.42. The van der Waals surface area contributed by atoms with E-state index in [1.807, 2.05) is 0 Å². The standard InChI is InChI=1S/C15H27NO3/c1-6-18-13(17)9-7-12-19-16-14(2,3)10-8-11-15(16,4)5/h7,9H,6,8,10-12H2,1-5H3/b9-7+. The highest BCUT2D eigenvalue weighted by molar-refractivity contribution is 5.81. The van der Waals surface area contributed by atoms with Crippen LogP contribution in [-0.4, -0.2) is 35.3 Å². The van der Waals surface area contributed by atoms with E-state index in [1.54, 1.807) is 13.0 Å². The minimum atomic E-state index is -0.316. The summed E-state index contributed by atoms with van der Waals surface area (Å²) in [6.07, 6.45) is 6.60. The van der Waals surface area contributed by atoms with E-state index in [4.69, 9.17) is 9.57 Å². The summed E-state index contributed by atoms with van der Waals surface area (Å²) in [6, 6.07) is 0. The first-order valence-corrected chi connectivity index (χ1v) is 7.06. The third kappa shape index (κ3) is 4.62. The van der Waals surface area contributed by atoms with Crippen molar-refractivity contribution in [1.29, 1.82) is 0 Å². The molecule has 4 nitrogen and oxygen atoms in total. The summed E-state index contributed by atoms with van der Waals surface area (Å²) < 4.78 is 4.82. The number of piperidine rings is 1. The van der Waals surface area contributed by atoms with Gasteiger partial charge in [0.25, 0.3) is 0 Å². The molecule has 19 heavy (non-hydrogen) atoms. The molecule has 1 saturated heterocycles. The van der Waals surface area contributed by atoms with Crippen LogP contribution in [0, 0.1) is 0 Å². The topological polar surface area (TPSA) is 38.8 Å². The van der Waals surface area contributed by atoms with Crippen LogP contribution in [0.4, 0.5) is 0 Å². The Morgan fingerprint density at radius 1 is 1.21 bits per heavy atom. The van der Waals surface area contributed by atoms with Gasteiger partial charge in [0.2, 0.25) is 0 Å². The molecule has 110 valence electrons. The van der Waals surface area contributed by atoms with Crippen LogP contribution >= 0.6 is 0 Å². The molecule has 0 saturated carbocycles. The van der Waals surface area contributed by atoms with E-state index in [0.29, 0.717) is 13.2 Å². The van der Waals surface area contributed by atoms with Crippen LogP contribution in [0.2, 0.25) is 0 Å². The van der Waals surface area contributed by atoms with Crippen LogP contribution in [0.1, 0.15) is 53.9 Å². The number of ether oxygens (including phenoxy) is 1. The van der Waals surface area contributed by atoms with E-state index in [2.05, 4.69) is 32.8 Å². The average Bonchev–Trinajstić information content (AvgIpc) is 2.26. The Hall–Kier alpha value is -0.870. The number of nitrogens with zero attached hydrogens (tertiary/aromatic N) is 1. The number of hydrogen-bond donors (Lipinski definition) is 0. The Balaban J connectivity index is 2.52. The van der Waals surface area contributed by atoms with Gasteiger partial charge < -0.3 is 4.74 Å². The molecule has 0 radical (unpaired) electrons. The van der Waals surface area contributed by atoms with Crippen LogP contribution in [-0.2, 0) is 14.4 Å². The van der Waals surface area contributed by atoms with Crippen molar-refractivity contribution in [1.82, 2.24) is 5.06 Å². The minimum Gasteiger partial charge on any atom is -0.463 e. The number of carbonyl (C=O) groups is 1. The van der Waals surface area contributed by atoms with Gasteiger partial charge in [-0.3, -0.25) is 4.84 Å². The number of rotatable bonds is 5. The predicted octanol–water partition coefficient (Wildman–Crippen LogP) is 3.08. The van der Waals surface area contributed by atoms with Crippen molar-refractivity contribution in [2.75, 3.05) is 13.2 Å². The van der Waals surface area contributed by atoms with E-state index in [1.165, 1.54) is 12.5 Å². The van der Waals surface area contributed by atoms with E-state index < -0.39 is 0 Å². The highest BCUT2D eigenvalue weighted by Crippen LogP contribution is 2.38. The molecular weight excluding hydrogens is 242 g/mol. The molecule has 0 aromatic rings. The van der Waals surface area contributed by atoms with Gasteiger partial charge in [-0.15, -0.1) is 0 Å². The monoisotopic (exact) mass is 269 g/mol. The van der Waals surface area contributed by atoms with Crippen molar-refractivity contribution in [2.45, 2.75) is 65.0 Å². The van der Waals surface area contributed by atoms with Gasteiger partial charge in [-0.05, 0) is 60.0 Å². The summed E-state index contributed by atoms with van der Waals surface area (Å²) in [6.45, 7) is 11.4. The Bertz CT molecular complexity index is 318. The normalized spacial score (nSPS) is 22.6. The lowest BCUT2D eigenvalue weighted by Crippen LogP contribution is -2.58. The third-order valence-corrected chi connectivity index (χ3v) is 3.52. The van der Waals surface area contributed by atoms with E-state index in [9.17, 15) is 4.79 Å². The quantitative estimate of drug-likeness (QED) is 0.568. The molecule has 0 amide bonds. The molecule has 1 rings (SSSR count). The van der Waals surface area contributed by atoms with Crippen molar-refractivity contribution in [3.05, 3.63) is 12.2 Å². The number of esters is 1. The van der Waals surface area contributed by atoms with Crippen LogP contribution in [0.3, 0.4) is 0 Å². The molecule has 0 N–H and O–H groups in total. The van der Waals surface area contributed by atoms with Gasteiger partial charge in [-0.1, -0.05) is 0 Å². The first-order valence-electron chi connectivity index (χ1n) is 7.06. The van der Waals surface area contributed by atoms with Crippen molar-refractivity contribution in [2.24, 2.45) is 0 Å². The average molecular weight is 269 g/mol. The van der Waals surface area contributed by atoms with Gasteiger partial charge >= 0.3 is 5.97 Å². The summed E-state index contributed by atoms with van der Waals surface area (Å²) in [5.74, 6) is -0.316. The fourth-order valence-electron chi connectivity index (χ4n) is 2.78. The van der Waals surface area contributed by atoms with Gasteiger partial charge in [-0.2, -0.15) is 5.06 Å². The Kier molecular flexibility index (Phi) is 5.56. The maximum absolute atomic E-state index is 11.2. The van der Waals surface area contributed by atoms with Crippen molar-refractivity contribution >= 4 is 5.97 Å². The predicted molar refractivity (Wildman–Crippen MR) is 75.6 cm³/mol. The lowest BCUT2D eigenvalue weighted by atomic mass is 9.82. The summed E-state index contributed by atoms with van der Waals surface area (Å²) in [5, 5.41) is 2.08. The zero-order chi connectivity index (χ0) is 14.5. The summed E-state index contributed by atoms with van der Waals surface area (Å²) in [4.78, 5) is 17.1. The van der Waals surface area contributed by atoms with Crippen LogP contribution in [0.15, 0.2) is 12.2 Å². The fraction of sp³-hybridized carbons (Fsp3) is 0.800. The SMILES string of the molecule is CCOC(=O)/C=C/CON1C(C)(C)CCCC1(C)C. The van der Waals surface area contributed by atoms with E-state index in [0.717, 1.165) is 12.8 Å². The largest absolute Gasteiger partial charge is 0.463 e. The van der Waals surface area contributed by atoms with Crippen LogP contribution < -0.4 is 0 Å². The van der Waals surface area contributed by atoms with Crippen molar-refractivity contribution < 1.29 is 14.4 Å². The van der Waals surface area contributed by atoms with Crippen molar-refractivity contribution in [3.8, 4) is 0 Å². The molecule has 0 aromatic heterocycles. The van der Waals surface area contributed by atoms with Gasteiger partial charge in [0.05, 0.1) is 13.2 Å². The smallest absolute Gasteiger partial charge is 0.330 e. The summed E-state index contributed by atoms with van der Waals surface area (Å²) >= 11 is 0. The molecule has 4 heteroatoms. The minimum absolute atomic E-state index is 0.0273. The maximum Gasteiger partial charge on any atom is 0.330 e. The molecule has 0 bridgehead atoms. The van der Waals surface area contributed by atoms with Gasteiger partial charge in [0.15, 0.2) is 0 Å². The zero-order valence-corrected chi connectivity index (χ0v) is 12.9. The Morgan fingerprint density at radius 2 is 1.79 bits per heavy atom. The van der Waals surface area contributed by atoms with E-state index in [-0.39, 0.29) is 17.0 Å². The van der Waals surface area contributed by atoms with Crippen LogP contribution in [0.25, 0.3) is 0 Å². The summed E-state index contributed by atoms with van der Waals surface area (Å²) in [5.41, 5.74) is 0.0546. The first-order chi connectivity index (χ1) is 8.79. The van der Waals surface area contributed by atoms with Crippen molar-refractivity contribution in [3.63, 3.8) is 0 Å². The highest BCUT2D eigenvalue weighted by atomic mass is 16.7. The van der Waals surface area contributed by atoms with Gasteiger partial charge in [-0.25, -0.2) is 4.79 Å². The second kappa shape index (κ2) is 6.53. The molecule has 1 aliphatic heterocycles. The molecule has 0 aliphatic carbocycles. The fourth-order valence-corrected chi connectivity index (χ4v) is 2.78.